The standard InChI is InChI=1S/C15H23N3O3/c1-15(2,3)21-14(19)18-7-5-11(6-8-18)12-9-16-13(20-4)17-10-12/h9-11H,5-8H2,1-4H3. The van der Waals surface area contributed by atoms with Crippen LogP contribution in [0.1, 0.15) is 45.1 Å². The number of likely N-dealkylation sites (tertiary alicyclic amines) is 1. The topological polar surface area (TPSA) is 64.5 Å². The minimum atomic E-state index is -0.447. The summed E-state index contributed by atoms with van der Waals surface area (Å²) in [6.45, 7) is 7.04. The summed E-state index contributed by atoms with van der Waals surface area (Å²) in [5.41, 5.74) is 0.650. The predicted molar refractivity (Wildman–Crippen MR) is 78.4 cm³/mol. The number of nitrogens with zero attached hydrogens (tertiary/aromatic N) is 3. The van der Waals surface area contributed by atoms with Crippen LogP contribution in [0.15, 0.2) is 12.4 Å². The SMILES string of the molecule is COc1ncc(C2CCN(C(=O)OC(C)(C)C)CC2)cn1. The van der Waals surface area contributed by atoms with Crippen molar-refractivity contribution in [2.24, 2.45) is 0 Å². The van der Waals surface area contributed by atoms with Crippen LogP contribution >= 0.6 is 0 Å². The lowest BCUT2D eigenvalue weighted by Gasteiger charge is -2.33. The van der Waals surface area contributed by atoms with E-state index < -0.39 is 5.60 Å². The fourth-order valence-electron chi connectivity index (χ4n) is 2.36. The molecule has 6 nitrogen and oxygen atoms in total. The Labute approximate surface area is 125 Å². The Balaban J connectivity index is 1.89. The lowest BCUT2D eigenvalue weighted by Crippen LogP contribution is -2.41. The van der Waals surface area contributed by atoms with Crippen LogP contribution in [-0.4, -0.2) is 46.8 Å². The average Bonchev–Trinajstić information content (AvgIpc) is 2.46. The number of methoxy groups -OCH3 is 1. The van der Waals surface area contributed by atoms with E-state index >= 15 is 0 Å². The van der Waals surface area contributed by atoms with Crippen molar-refractivity contribution >= 4 is 6.09 Å². The van der Waals surface area contributed by atoms with E-state index in [-0.39, 0.29) is 6.09 Å². The molecule has 21 heavy (non-hydrogen) atoms. The first-order valence-corrected chi connectivity index (χ1v) is 7.23. The van der Waals surface area contributed by atoms with Crippen molar-refractivity contribution in [2.45, 2.75) is 45.1 Å². The van der Waals surface area contributed by atoms with Crippen LogP contribution in [0.3, 0.4) is 0 Å². The first-order valence-electron chi connectivity index (χ1n) is 7.23. The van der Waals surface area contributed by atoms with Crippen LogP contribution in [0.4, 0.5) is 4.79 Å². The van der Waals surface area contributed by atoms with Gasteiger partial charge in [-0.3, -0.25) is 0 Å². The maximum Gasteiger partial charge on any atom is 0.410 e. The zero-order chi connectivity index (χ0) is 15.5. The van der Waals surface area contributed by atoms with Gasteiger partial charge in [0.25, 0.3) is 0 Å². The third kappa shape index (κ3) is 4.31. The molecule has 0 bridgehead atoms. The molecule has 1 fully saturated rings. The summed E-state index contributed by atoms with van der Waals surface area (Å²) in [4.78, 5) is 22.0. The molecule has 0 atom stereocenters. The molecular formula is C15H23N3O3. The van der Waals surface area contributed by atoms with Crippen LogP contribution in [0, 0.1) is 0 Å². The fraction of sp³-hybridized carbons (Fsp3) is 0.667. The molecular weight excluding hydrogens is 270 g/mol. The Morgan fingerprint density at radius 3 is 2.29 bits per heavy atom. The summed E-state index contributed by atoms with van der Waals surface area (Å²) < 4.78 is 10.4. The molecule has 1 amide bonds. The van der Waals surface area contributed by atoms with E-state index in [2.05, 4.69) is 9.97 Å². The molecule has 2 heterocycles. The molecule has 1 aromatic rings. The fourth-order valence-corrected chi connectivity index (χ4v) is 2.36. The van der Waals surface area contributed by atoms with Crippen LogP contribution < -0.4 is 4.74 Å². The molecule has 0 saturated carbocycles. The van der Waals surface area contributed by atoms with E-state index in [0.717, 1.165) is 18.4 Å². The van der Waals surface area contributed by atoms with Gasteiger partial charge in [-0.05, 0) is 45.1 Å². The largest absolute Gasteiger partial charge is 0.467 e. The third-order valence-corrected chi connectivity index (χ3v) is 3.45. The lowest BCUT2D eigenvalue weighted by atomic mass is 9.91. The van der Waals surface area contributed by atoms with Gasteiger partial charge in [0.05, 0.1) is 7.11 Å². The van der Waals surface area contributed by atoms with E-state index in [1.807, 2.05) is 20.8 Å². The number of piperidine rings is 1. The van der Waals surface area contributed by atoms with Crippen molar-refractivity contribution in [3.63, 3.8) is 0 Å². The smallest absolute Gasteiger partial charge is 0.410 e. The van der Waals surface area contributed by atoms with Crippen molar-refractivity contribution in [3.05, 3.63) is 18.0 Å². The van der Waals surface area contributed by atoms with Crippen LogP contribution in [0.5, 0.6) is 6.01 Å². The van der Waals surface area contributed by atoms with E-state index in [1.54, 1.807) is 24.4 Å². The molecule has 1 aliphatic rings. The molecule has 116 valence electrons. The third-order valence-electron chi connectivity index (χ3n) is 3.45. The Hall–Kier alpha value is -1.85. The maximum absolute atomic E-state index is 12.0. The quantitative estimate of drug-likeness (QED) is 0.838. The number of carbonyl (C=O) groups is 1. The monoisotopic (exact) mass is 293 g/mol. The van der Waals surface area contributed by atoms with Gasteiger partial charge < -0.3 is 14.4 Å². The number of carbonyl (C=O) groups excluding carboxylic acids is 1. The van der Waals surface area contributed by atoms with Gasteiger partial charge in [-0.25, -0.2) is 14.8 Å². The van der Waals surface area contributed by atoms with Gasteiger partial charge in [0.1, 0.15) is 5.60 Å². The Morgan fingerprint density at radius 1 is 1.24 bits per heavy atom. The van der Waals surface area contributed by atoms with E-state index in [1.165, 1.54) is 0 Å². The maximum atomic E-state index is 12.0. The Bertz CT molecular complexity index is 474. The van der Waals surface area contributed by atoms with Gasteiger partial charge in [-0.2, -0.15) is 0 Å². The molecule has 1 saturated heterocycles. The van der Waals surface area contributed by atoms with Gasteiger partial charge in [-0.1, -0.05) is 0 Å². The van der Waals surface area contributed by atoms with Crippen LogP contribution in [0.2, 0.25) is 0 Å². The van der Waals surface area contributed by atoms with Gasteiger partial charge in [0, 0.05) is 25.5 Å². The summed E-state index contributed by atoms with van der Waals surface area (Å²) in [6, 6.07) is 0.380. The molecule has 1 aliphatic heterocycles. The first-order chi connectivity index (χ1) is 9.89. The summed E-state index contributed by atoms with van der Waals surface area (Å²) >= 11 is 0. The molecule has 0 unspecified atom stereocenters. The Morgan fingerprint density at radius 2 is 1.81 bits per heavy atom. The molecule has 0 aliphatic carbocycles. The average molecular weight is 293 g/mol. The molecule has 0 spiro atoms. The number of rotatable bonds is 2. The highest BCUT2D eigenvalue weighted by atomic mass is 16.6. The molecule has 2 rings (SSSR count). The predicted octanol–water partition coefficient (Wildman–Crippen LogP) is 2.60. The minimum Gasteiger partial charge on any atom is -0.467 e. The van der Waals surface area contributed by atoms with Crippen LogP contribution in [0.25, 0.3) is 0 Å². The van der Waals surface area contributed by atoms with Gasteiger partial charge in [0.2, 0.25) is 0 Å². The van der Waals surface area contributed by atoms with Crippen molar-refractivity contribution in [3.8, 4) is 6.01 Å². The van der Waals surface area contributed by atoms with Crippen molar-refractivity contribution in [2.75, 3.05) is 20.2 Å². The lowest BCUT2D eigenvalue weighted by molar-refractivity contribution is 0.0205. The van der Waals surface area contributed by atoms with Crippen molar-refractivity contribution < 1.29 is 14.3 Å². The summed E-state index contributed by atoms with van der Waals surface area (Å²) in [5, 5.41) is 0. The molecule has 0 N–H and O–H groups in total. The highest BCUT2D eigenvalue weighted by Crippen LogP contribution is 2.28. The van der Waals surface area contributed by atoms with E-state index in [4.69, 9.17) is 9.47 Å². The van der Waals surface area contributed by atoms with E-state index in [0.29, 0.717) is 25.0 Å². The van der Waals surface area contributed by atoms with Gasteiger partial charge in [0.15, 0.2) is 0 Å². The zero-order valence-electron chi connectivity index (χ0n) is 13.1. The highest BCUT2D eigenvalue weighted by Gasteiger charge is 2.27. The first kappa shape index (κ1) is 15.5. The second-order valence-electron chi connectivity index (χ2n) is 6.24. The number of hydrogen-bond donors (Lipinski definition) is 0. The summed E-state index contributed by atoms with van der Waals surface area (Å²) in [6.07, 6.45) is 5.18. The van der Waals surface area contributed by atoms with Crippen molar-refractivity contribution in [1.29, 1.82) is 0 Å². The van der Waals surface area contributed by atoms with E-state index in [9.17, 15) is 4.79 Å². The highest BCUT2D eigenvalue weighted by molar-refractivity contribution is 5.68. The second kappa shape index (κ2) is 6.28. The van der Waals surface area contributed by atoms with Crippen molar-refractivity contribution in [1.82, 2.24) is 14.9 Å². The number of amides is 1. The van der Waals surface area contributed by atoms with Gasteiger partial charge >= 0.3 is 12.1 Å². The number of aromatic nitrogens is 2. The Kier molecular flexibility index (Phi) is 4.65. The second-order valence-corrected chi connectivity index (χ2v) is 6.24. The number of ether oxygens (including phenoxy) is 2. The molecule has 1 aromatic heterocycles. The van der Waals surface area contributed by atoms with Gasteiger partial charge in [-0.15, -0.1) is 0 Å². The molecule has 6 heteroatoms. The summed E-state index contributed by atoms with van der Waals surface area (Å²) in [7, 11) is 1.55. The zero-order valence-corrected chi connectivity index (χ0v) is 13.1. The molecule has 0 radical (unpaired) electrons. The summed E-state index contributed by atoms with van der Waals surface area (Å²) in [5.74, 6) is 0.384. The minimum absolute atomic E-state index is 0.230. The molecule has 0 aromatic carbocycles. The normalized spacial score (nSPS) is 16.7. The number of hydrogen-bond acceptors (Lipinski definition) is 5. The van der Waals surface area contributed by atoms with Crippen LogP contribution in [-0.2, 0) is 4.74 Å².